The second-order valence-electron chi connectivity index (χ2n) is 6.37. The molecule has 122 valence electrons. The Morgan fingerprint density at radius 3 is 2.32 bits per heavy atom. The van der Waals surface area contributed by atoms with Gasteiger partial charge in [-0.3, -0.25) is 4.79 Å². The number of Topliss-reactive ketones (excluding diaryl/α,β-unsaturated/α-hetero) is 1. The van der Waals surface area contributed by atoms with Crippen LogP contribution in [0.1, 0.15) is 33.3 Å². The summed E-state index contributed by atoms with van der Waals surface area (Å²) in [5, 5.41) is 11.8. The molecule has 0 saturated carbocycles. The van der Waals surface area contributed by atoms with Crippen LogP contribution in [0.4, 0.5) is 4.79 Å². The lowest BCUT2D eigenvalue weighted by Gasteiger charge is -2.24. The summed E-state index contributed by atoms with van der Waals surface area (Å²) in [6.45, 7) is 6.67. The van der Waals surface area contributed by atoms with E-state index in [2.05, 4.69) is 5.32 Å². The highest BCUT2D eigenvalue weighted by Gasteiger charge is 2.27. The molecule has 1 aromatic carbocycles. The maximum absolute atomic E-state index is 12.3. The molecular formula is C17H25NO4. The van der Waals surface area contributed by atoms with Crippen molar-refractivity contribution in [1.29, 1.82) is 0 Å². The molecule has 0 radical (unpaired) electrons. The fraction of sp³-hybridized carbons (Fsp3) is 0.529. The summed E-state index contributed by atoms with van der Waals surface area (Å²) < 4.78 is 5.20. The summed E-state index contributed by atoms with van der Waals surface area (Å²) in [6.07, 6.45) is -0.268. The van der Waals surface area contributed by atoms with Crippen LogP contribution in [-0.4, -0.2) is 35.2 Å². The highest BCUT2D eigenvalue weighted by Crippen LogP contribution is 2.11. The van der Waals surface area contributed by atoms with E-state index in [0.29, 0.717) is 6.42 Å². The van der Waals surface area contributed by atoms with E-state index in [4.69, 9.17) is 4.74 Å². The standard InChI is InChI=1S/C17H25NO4/c1-12(11-19)15(20)14(10-13-8-6-5-7-9-13)18-16(21)22-17(2,3)4/h5-9,12,14,19H,10-11H2,1-4H3,(H,18,21)/t12?,14-/m0/s1. The molecular weight excluding hydrogens is 282 g/mol. The highest BCUT2D eigenvalue weighted by atomic mass is 16.6. The van der Waals surface area contributed by atoms with Gasteiger partial charge in [0.1, 0.15) is 5.60 Å². The number of nitrogens with one attached hydrogen (secondary N) is 1. The molecule has 2 atom stereocenters. The molecule has 1 aromatic rings. The molecule has 0 aliphatic rings. The summed E-state index contributed by atoms with van der Waals surface area (Å²) in [4.78, 5) is 24.3. The molecule has 2 N–H and O–H groups in total. The zero-order valence-corrected chi connectivity index (χ0v) is 13.6. The summed E-state index contributed by atoms with van der Waals surface area (Å²) in [5.74, 6) is -0.749. The van der Waals surface area contributed by atoms with Crippen LogP contribution >= 0.6 is 0 Å². The molecule has 0 heterocycles. The number of amides is 1. The van der Waals surface area contributed by atoms with Gasteiger partial charge in [0.05, 0.1) is 12.6 Å². The van der Waals surface area contributed by atoms with Crippen molar-refractivity contribution >= 4 is 11.9 Å². The number of alkyl carbamates (subject to hydrolysis) is 1. The van der Waals surface area contributed by atoms with E-state index in [0.717, 1.165) is 5.56 Å². The van der Waals surface area contributed by atoms with E-state index in [1.807, 2.05) is 30.3 Å². The number of benzene rings is 1. The van der Waals surface area contributed by atoms with Gasteiger partial charge in [0, 0.05) is 5.92 Å². The van der Waals surface area contributed by atoms with Crippen molar-refractivity contribution in [3.05, 3.63) is 35.9 Å². The maximum Gasteiger partial charge on any atom is 0.408 e. The lowest BCUT2D eigenvalue weighted by atomic mass is 9.95. The summed E-state index contributed by atoms with van der Waals surface area (Å²) >= 11 is 0. The molecule has 0 aliphatic heterocycles. The Morgan fingerprint density at radius 1 is 1.23 bits per heavy atom. The largest absolute Gasteiger partial charge is 0.444 e. The van der Waals surface area contributed by atoms with E-state index < -0.39 is 23.7 Å². The fourth-order valence-electron chi connectivity index (χ4n) is 1.96. The first-order valence-corrected chi connectivity index (χ1v) is 7.41. The zero-order chi connectivity index (χ0) is 16.8. The Kier molecular flexibility index (Phi) is 6.56. The molecule has 0 aliphatic carbocycles. The number of hydrogen-bond donors (Lipinski definition) is 2. The van der Waals surface area contributed by atoms with Gasteiger partial charge in [0.25, 0.3) is 0 Å². The SMILES string of the molecule is CC(CO)C(=O)[C@H](Cc1ccccc1)NC(=O)OC(C)(C)C. The van der Waals surface area contributed by atoms with Gasteiger partial charge in [0.2, 0.25) is 0 Å². The Hall–Kier alpha value is -1.88. The smallest absolute Gasteiger partial charge is 0.408 e. The normalized spacial score (nSPS) is 14.0. The minimum Gasteiger partial charge on any atom is -0.444 e. The van der Waals surface area contributed by atoms with E-state index in [1.165, 1.54) is 0 Å². The minimum atomic E-state index is -0.723. The maximum atomic E-state index is 12.3. The van der Waals surface area contributed by atoms with E-state index in [-0.39, 0.29) is 12.4 Å². The van der Waals surface area contributed by atoms with Gasteiger partial charge in [-0.05, 0) is 32.8 Å². The number of ether oxygens (including phenoxy) is 1. The number of aliphatic hydroxyl groups is 1. The van der Waals surface area contributed by atoms with Crippen LogP contribution < -0.4 is 5.32 Å². The predicted octanol–water partition coefficient (Wildman–Crippen LogP) is 2.32. The number of hydrogen-bond acceptors (Lipinski definition) is 4. The lowest BCUT2D eigenvalue weighted by molar-refractivity contribution is -0.125. The molecule has 0 spiro atoms. The Bertz CT molecular complexity index is 493. The first-order valence-electron chi connectivity index (χ1n) is 7.41. The number of ketones is 1. The third-order valence-corrected chi connectivity index (χ3v) is 3.08. The van der Waals surface area contributed by atoms with Gasteiger partial charge in [0.15, 0.2) is 5.78 Å². The summed E-state index contributed by atoms with van der Waals surface area (Å²) in [5.41, 5.74) is 0.301. The number of carbonyl (C=O) groups excluding carboxylic acids is 2. The van der Waals surface area contributed by atoms with Crippen LogP contribution in [0.25, 0.3) is 0 Å². The van der Waals surface area contributed by atoms with Crippen molar-refractivity contribution in [3.63, 3.8) is 0 Å². The van der Waals surface area contributed by atoms with Gasteiger partial charge < -0.3 is 15.2 Å². The predicted molar refractivity (Wildman–Crippen MR) is 84.6 cm³/mol. The number of rotatable bonds is 6. The van der Waals surface area contributed by atoms with Crippen molar-refractivity contribution in [2.24, 2.45) is 5.92 Å². The Morgan fingerprint density at radius 2 is 1.82 bits per heavy atom. The molecule has 0 aromatic heterocycles. The summed E-state index contributed by atoms with van der Waals surface area (Å²) in [6, 6.07) is 8.69. The van der Waals surface area contributed by atoms with E-state index in [9.17, 15) is 14.7 Å². The van der Waals surface area contributed by atoms with Gasteiger partial charge in [-0.15, -0.1) is 0 Å². The van der Waals surface area contributed by atoms with Crippen LogP contribution in [-0.2, 0) is 16.0 Å². The quantitative estimate of drug-likeness (QED) is 0.845. The first kappa shape index (κ1) is 18.2. The average Bonchev–Trinajstić information content (AvgIpc) is 2.44. The van der Waals surface area contributed by atoms with Crippen LogP contribution in [0.2, 0.25) is 0 Å². The third kappa shape index (κ3) is 6.26. The second-order valence-corrected chi connectivity index (χ2v) is 6.37. The fourth-order valence-corrected chi connectivity index (χ4v) is 1.96. The summed E-state index contributed by atoms with van der Waals surface area (Å²) in [7, 11) is 0. The topological polar surface area (TPSA) is 75.6 Å². The van der Waals surface area contributed by atoms with Crippen LogP contribution in [0.15, 0.2) is 30.3 Å². The molecule has 5 nitrogen and oxygen atoms in total. The van der Waals surface area contributed by atoms with Gasteiger partial charge in [-0.2, -0.15) is 0 Å². The van der Waals surface area contributed by atoms with Crippen molar-refractivity contribution in [2.45, 2.75) is 45.8 Å². The molecule has 0 saturated heterocycles. The van der Waals surface area contributed by atoms with Crippen molar-refractivity contribution in [1.82, 2.24) is 5.32 Å². The number of aliphatic hydroxyl groups excluding tert-OH is 1. The monoisotopic (exact) mass is 307 g/mol. The Balaban J connectivity index is 2.82. The zero-order valence-electron chi connectivity index (χ0n) is 13.6. The lowest BCUT2D eigenvalue weighted by Crippen LogP contribution is -2.47. The molecule has 1 unspecified atom stereocenters. The van der Waals surface area contributed by atoms with Crippen LogP contribution in [0, 0.1) is 5.92 Å². The average molecular weight is 307 g/mol. The molecule has 0 fully saturated rings. The van der Waals surface area contributed by atoms with E-state index in [1.54, 1.807) is 27.7 Å². The number of carbonyl (C=O) groups is 2. The van der Waals surface area contributed by atoms with Crippen LogP contribution in [0.5, 0.6) is 0 Å². The van der Waals surface area contributed by atoms with Crippen molar-refractivity contribution in [3.8, 4) is 0 Å². The first-order chi connectivity index (χ1) is 10.2. The third-order valence-electron chi connectivity index (χ3n) is 3.08. The minimum absolute atomic E-state index is 0.211. The van der Waals surface area contributed by atoms with Gasteiger partial charge in [-0.25, -0.2) is 4.79 Å². The van der Waals surface area contributed by atoms with E-state index >= 15 is 0 Å². The van der Waals surface area contributed by atoms with Crippen LogP contribution in [0.3, 0.4) is 0 Å². The van der Waals surface area contributed by atoms with Gasteiger partial charge in [-0.1, -0.05) is 37.3 Å². The molecule has 1 rings (SSSR count). The molecule has 1 amide bonds. The molecule has 5 heteroatoms. The molecule has 0 bridgehead atoms. The van der Waals surface area contributed by atoms with Crippen molar-refractivity contribution in [2.75, 3.05) is 6.61 Å². The van der Waals surface area contributed by atoms with Gasteiger partial charge >= 0.3 is 6.09 Å². The highest BCUT2D eigenvalue weighted by molar-refractivity contribution is 5.89. The Labute approximate surface area is 131 Å². The molecule has 22 heavy (non-hydrogen) atoms. The van der Waals surface area contributed by atoms with Crippen molar-refractivity contribution < 1.29 is 19.4 Å². The second kappa shape index (κ2) is 7.94.